The molecule has 0 unspecified atom stereocenters. The van der Waals surface area contributed by atoms with E-state index in [1.807, 2.05) is 18.3 Å². The topological polar surface area (TPSA) is 34.1 Å². The van der Waals surface area contributed by atoms with Crippen LogP contribution in [0.5, 0.6) is 5.88 Å². The van der Waals surface area contributed by atoms with Crippen LogP contribution in [-0.2, 0) is 6.54 Å². The van der Waals surface area contributed by atoms with Crippen LogP contribution in [0.2, 0.25) is 0 Å². The highest BCUT2D eigenvalue weighted by molar-refractivity contribution is 5.17. The Morgan fingerprint density at radius 1 is 1.35 bits per heavy atom. The molecule has 3 nitrogen and oxygen atoms in total. The predicted molar refractivity (Wildman–Crippen MR) is 71.1 cm³/mol. The molecule has 1 N–H and O–H groups in total. The Bertz CT molecular complexity index is 331. The maximum absolute atomic E-state index is 5.03. The zero-order valence-electron chi connectivity index (χ0n) is 11.6. The highest BCUT2D eigenvalue weighted by Crippen LogP contribution is 2.24. The molecule has 1 aromatic rings. The summed E-state index contributed by atoms with van der Waals surface area (Å²) in [5.74, 6) is 1.33. The number of rotatable bonds is 6. The number of pyridine rings is 1. The summed E-state index contributed by atoms with van der Waals surface area (Å²) in [6.07, 6.45) is 1.86. The van der Waals surface area contributed by atoms with Crippen LogP contribution >= 0.6 is 0 Å². The van der Waals surface area contributed by atoms with Crippen LogP contribution in [0.1, 0.15) is 33.3 Å². The summed E-state index contributed by atoms with van der Waals surface area (Å²) in [7, 11) is 1.63. The van der Waals surface area contributed by atoms with Crippen molar-refractivity contribution in [2.45, 2.75) is 34.2 Å². The SMILES string of the molecule is COc1ccc(CNCC(C)(C)C(C)C)cn1. The van der Waals surface area contributed by atoms with E-state index in [0.29, 0.717) is 17.2 Å². The third-order valence-corrected chi connectivity index (χ3v) is 3.48. The van der Waals surface area contributed by atoms with E-state index in [1.165, 1.54) is 5.56 Å². The van der Waals surface area contributed by atoms with Crippen LogP contribution in [0.15, 0.2) is 18.3 Å². The molecule has 0 spiro atoms. The van der Waals surface area contributed by atoms with Crippen LogP contribution in [0.25, 0.3) is 0 Å². The van der Waals surface area contributed by atoms with Gasteiger partial charge in [-0.05, 0) is 16.9 Å². The Labute approximate surface area is 105 Å². The van der Waals surface area contributed by atoms with Gasteiger partial charge < -0.3 is 10.1 Å². The molecule has 0 amide bonds. The first-order valence-corrected chi connectivity index (χ1v) is 6.15. The van der Waals surface area contributed by atoms with Gasteiger partial charge in [-0.2, -0.15) is 0 Å². The Morgan fingerprint density at radius 3 is 2.53 bits per heavy atom. The molecular weight excluding hydrogens is 212 g/mol. The van der Waals surface area contributed by atoms with Crippen molar-refractivity contribution in [3.63, 3.8) is 0 Å². The summed E-state index contributed by atoms with van der Waals surface area (Å²) in [6.45, 7) is 11.0. The zero-order valence-corrected chi connectivity index (χ0v) is 11.6. The number of nitrogens with zero attached hydrogens (tertiary/aromatic N) is 1. The van der Waals surface area contributed by atoms with Crippen molar-refractivity contribution < 1.29 is 4.74 Å². The molecule has 0 saturated carbocycles. The summed E-state index contributed by atoms with van der Waals surface area (Å²) < 4.78 is 5.03. The normalized spacial score (nSPS) is 11.9. The number of methoxy groups -OCH3 is 1. The molecule has 0 aliphatic rings. The van der Waals surface area contributed by atoms with Crippen molar-refractivity contribution >= 4 is 0 Å². The van der Waals surface area contributed by atoms with Crippen LogP contribution in [0.3, 0.4) is 0 Å². The van der Waals surface area contributed by atoms with E-state index in [2.05, 4.69) is 38.0 Å². The maximum Gasteiger partial charge on any atom is 0.212 e. The van der Waals surface area contributed by atoms with Crippen molar-refractivity contribution in [2.24, 2.45) is 11.3 Å². The van der Waals surface area contributed by atoms with E-state index in [-0.39, 0.29) is 0 Å². The minimum atomic E-state index is 0.319. The fourth-order valence-electron chi connectivity index (χ4n) is 1.37. The fourth-order valence-corrected chi connectivity index (χ4v) is 1.37. The Balaban J connectivity index is 2.40. The molecular formula is C14H24N2O. The molecule has 0 aliphatic heterocycles. The Morgan fingerprint density at radius 2 is 2.06 bits per heavy atom. The fraction of sp³-hybridized carbons (Fsp3) is 0.643. The summed E-state index contributed by atoms with van der Waals surface area (Å²) in [4.78, 5) is 4.19. The predicted octanol–water partition coefficient (Wildman–Crippen LogP) is 2.86. The standard InChI is InChI=1S/C14H24N2O/c1-11(2)14(3,4)10-15-8-12-6-7-13(17-5)16-9-12/h6-7,9,11,15H,8,10H2,1-5H3. The summed E-state index contributed by atoms with van der Waals surface area (Å²) in [5, 5.41) is 3.48. The molecule has 0 radical (unpaired) electrons. The van der Waals surface area contributed by atoms with Gasteiger partial charge in [-0.25, -0.2) is 4.98 Å². The minimum Gasteiger partial charge on any atom is -0.481 e. The average Bonchev–Trinajstić information content (AvgIpc) is 2.29. The summed E-state index contributed by atoms with van der Waals surface area (Å²) in [5.41, 5.74) is 1.50. The van der Waals surface area contributed by atoms with Crippen molar-refractivity contribution in [3.05, 3.63) is 23.9 Å². The first kappa shape index (κ1) is 14.0. The second kappa shape index (κ2) is 6.01. The van der Waals surface area contributed by atoms with Gasteiger partial charge in [-0.15, -0.1) is 0 Å². The number of nitrogens with one attached hydrogen (secondary N) is 1. The van der Waals surface area contributed by atoms with E-state index in [9.17, 15) is 0 Å². The lowest BCUT2D eigenvalue weighted by Crippen LogP contribution is -2.33. The molecule has 1 heterocycles. The lowest BCUT2D eigenvalue weighted by molar-refractivity contribution is 0.238. The lowest BCUT2D eigenvalue weighted by Gasteiger charge is -2.29. The van der Waals surface area contributed by atoms with Crippen molar-refractivity contribution in [3.8, 4) is 5.88 Å². The number of hydrogen-bond acceptors (Lipinski definition) is 3. The smallest absolute Gasteiger partial charge is 0.212 e. The molecule has 1 rings (SSSR count). The molecule has 0 atom stereocenters. The molecule has 0 saturated heterocycles. The molecule has 0 bridgehead atoms. The van der Waals surface area contributed by atoms with Crippen molar-refractivity contribution in [1.29, 1.82) is 0 Å². The first-order chi connectivity index (χ1) is 7.95. The monoisotopic (exact) mass is 236 g/mol. The van der Waals surface area contributed by atoms with Crippen molar-refractivity contribution in [2.75, 3.05) is 13.7 Å². The third-order valence-electron chi connectivity index (χ3n) is 3.48. The number of aromatic nitrogens is 1. The van der Waals surface area contributed by atoms with Crippen LogP contribution in [0.4, 0.5) is 0 Å². The molecule has 17 heavy (non-hydrogen) atoms. The van der Waals surface area contributed by atoms with Gasteiger partial charge in [0.1, 0.15) is 0 Å². The summed E-state index contributed by atoms with van der Waals surface area (Å²) in [6, 6.07) is 3.94. The van der Waals surface area contributed by atoms with Crippen LogP contribution < -0.4 is 10.1 Å². The second-order valence-corrected chi connectivity index (χ2v) is 5.46. The van der Waals surface area contributed by atoms with E-state index >= 15 is 0 Å². The van der Waals surface area contributed by atoms with Gasteiger partial charge in [0, 0.05) is 25.4 Å². The lowest BCUT2D eigenvalue weighted by atomic mass is 9.81. The molecule has 96 valence electrons. The maximum atomic E-state index is 5.03. The summed E-state index contributed by atoms with van der Waals surface area (Å²) >= 11 is 0. The minimum absolute atomic E-state index is 0.319. The van der Waals surface area contributed by atoms with E-state index in [1.54, 1.807) is 7.11 Å². The molecule has 0 aromatic carbocycles. The van der Waals surface area contributed by atoms with Crippen molar-refractivity contribution in [1.82, 2.24) is 10.3 Å². The largest absolute Gasteiger partial charge is 0.481 e. The average molecular weight is 236 g/mol. The molecule has 0 fully saturated rings. The van der Waals surface area contributed by atoms with Gasteiger partial charge in [0.2, 0.25) is 5.88 Å². The first-order valence-electron chi connectivity index (χ1n) is 6.15. The number of ether oxygens (including phenoxy) is 1. The third kappa shape index (κ3) is 4.35. The van der Waals surface area contributed by atoms with Gasteiger partial charge in [0.05, 0.1) is 7.11 Å². The molecule has 0 aliphatic carbocycles. The quantitative estimate of drug-likeness (QED) is 0.824. The van der Waals surface area contributed by atoms with Gasteiger partial charge in [0.25, 0.3) is 0 Å². The van der Waals surface area contributed by atoms with E-state index in [0.717, 1.165) is 13.1 Å². The molecule has 1 aromatic heterocycles. The van der Waals surface area contributed by atoms with Gasteiger partial charge in [-0.3, -0.25) is 0 Å². The van der Waals surface area contributed by atoms with Gasteiger partial charge in [-0.1, -0.05) is 33.8 Å². The zero-order chi connectivity index (χ0) is 12.9. The number of hydrogen-bond donors (Lipinski definition) is 1. The highest BCUT2D eigenvalue weighted by atomic mass is 16.5. The highest BCUT2D eigenvalue weighted by Gasteiger charge is 2.21. The van der Waals surface area contributed by atoms with Gasteiger partial charge in [0.15, 0.2) is 0 Å². The van der Waals surface area contributed by atoms with Crippen LogP contribution in [0, 0.1) is 11.3 Å². The van der Waals surface area contributed by atoms with Crippen LogP contribution in [-0.4, -0.2) is 18.6 Å². The Hall–Kier alpha value is -1.09. The second-order valence-electron chi connectivity index (χ2n) is 5.46. The van der Waals surface area contributed by atoms with Gasteiger partial charge >= 0.3 is 0 Å². The van der Waals surface area contributed by atoms with E-state index < -0.39 is 0 Å². The molecule has 3 heteroatoms. The Kier molecular flexibility index (Phi) is 4.94. The van der Waals surface area contributed by atoms with E-state index in [4.69, 9.17) is 4.74 Å².